The van der Waals surface area contributed by atoms with Gasteiger partial charge in [0.2, 0.25) is 0 Å². The highest BCUT2D eigenvalue weighted by molar-refractivity contribution is 4.87. The molecule has 0 saturated carbocycles. The van der Waals surface area contributed by atoms with E-state index in [0.717, 1.165) is 19.3 Å². The molecule has 100 valence electrons. The Morgan fingerprint density at radius 2 is 2.12 bits per heavy atom. The molecule has 3 nitrogen and oxygen atoms in total. The first kappa shape index (κ1) is 13.3. The average Bonchev–Trinajstić information content (AvgIpc) is 2.74. The van der Waals surface area contributed by atoms with Crippen LogP contribution >= 0.6 is 0 Å². The van der Waals surface area contributed by atoms with Crippen molar-refractivity contribution in [3.63, 3.8) is 0 Å². The molecule has 1 N–H and O–H groups in total. The molecule has 17 heavy (non-hydrogen) atoms. The minimum Gasteiger partial charge on any atom is -0.381 e. The third-order valence-electron chi connectivity index (χ3n) is 4.26. The molecule has 0 aromatic rings. The van der Waals surface area contributed by atoms with Crippen molar-refractivity contribution in [2.24, 2.45) is 5.41 Å². The Balaban J connectivity index is 1.73. The van der Waals surface area contributed by atoms with E-state index in [1.807, 2.05) is 0 Å². The lowest BCUT2D eigenvalue weighted by atomic mass is 9.82. The van der Waals surface area contributed by atoms with Gasteiger partial charge in [-0.1, -0.05) is 13.8 Å². The molecule has 2 heterocycles. The van der Waals surface area contributed by atoms with Crippen LogP contribution in [0.3, 0.4) is 0 Å². The Kier molecular flexibility index (Phi) is 4.83. The molecule has 3 heteroatoms. The SMILES string of the molecule is CCCNC1CCN(CC2(C)CCOCC2)C1. The molecule has 2 saturated heterocycles. The fraction of sp³-hybridized carbons (Fsp3) is 1.00. The predicted molar refractivity (Wildman–Crippen MR) is 71.3 cm³/mol. The number of hydrogen-bond donors (Lipinski definition) is 1. The summed E-state index contributed by atoms with van der Waals surface area (Å²) in [7, 11) is 0. The maximum absolute atomic E-state index is 5.47. The van der Waals surface area contributed by atoms with Gasteiger partial charge in [-0.05, 0) is 44.2 Å². The van der Waals surface area contributed by atoms with Crippen LogP contribution in [0.4, 0.5) is 0 Å². The zero-order valence-electron chi connectivity index (χ0n) is 11.5. The lowest BCUT2D eigenvalue weighted by molar-refractivity contribution is 0.00828. The molecule has 0 radical (unpaired) electrons. The maximum Gasteiger partial charge on any atom is 0.0471 e. The fourth-order valence-corrected chi connectivity index (χ4v) is 3.05. The van der Waals surface area contributed by atoms with Crippen molar-refractivity contribution in [1.82, 2.24) is 10.2 Å². The van der Waals surface area contributed by atoms with Gasteiger partial charge < -0.3 is 15.0 Å². The Labute approximate surface area is 106 Å². The minimum atomic E-state index is 0.498. The average molecular weight is 240 g/mol. The standard InChI is InChI=1S/C14H28N2O/c1-3-7-15-13-4-8-16(11-13)12-14(2)5-9-17-10-6-14/h13,15H,3-12H2,1-2H3. The summed E-state index contributed by atoms with van der Waals surface area (Å²) >= 11 is 0. The number of nitrogens with one attached hydrogen (secondary N) is 1. The van der Waals surface area contributed by atoms with Crippen molar-refractivity contribution in [3.05, 3.63) is 0 Å². The lowest BCUT2D eigenvalue weighted by Crippen LogP contribution is -2.40. The molecule has 1 atom stereocenters. The van der Waals surface area contributed by atoms with Crippen LogP contribution in [-0.2, 0) is 4.74 Å². The molecule has 0 spiro atoms. The first-order valence-corrected chi connectivity index (χ1v) is 7.25. The Hall–Kier alpha value is -0.120. The molecular weight excluding hydrogens is 212 g/mol. The van der Waals surface area contributed by atoms with Crippen LogP contribution in [0.5, 0.6) is 0 Å². The summed E-state index contributed by atoms with van der Waals surface area (Å²) in [6.07, 6.45) is 5.03. The van der Waals surface area contributed by atoms with Crippen LogP contribution in [0.1, 0.15) is 39.5 Å². The molecule has 0 aliphatic carbocycles. The van der Waals surface area contributed by atoms with Crippen LogP contribution in [0.15, 0.2) is 0 Å². The highest BCUT2D eigenvalue weighted by atomic mass is 16.5. The van der Waals surface area contributed by atoms with Gasteiger partial charge in [-0.2, -0.15) is 0 Å². The molecular formula is C14H28N2O. The van der Waals surface area contributed by atoms with Crippen molar-refractivity contribution in [2.45, 2.75) is 45.6 Å². The summed E-state index contributed by atoms with van der Waals surface area (Å²) in [5.74, 6) is 0. The Morgan fingerprint density at radius 3 is 2.82 bits per heavy atom. The van der Waals surface area contributed by atoms with Crippen molar-refractivity contribution >= 4 is 0 Å². The van der Waals surface area contributed by atoms with E-state index in [1.54, 1.807) is 0 Å². The second-order valence-corrected chi connectivity index (χ2v) is 6.10. The molecule has 0 bridgehead atoms. The van der Waals surface area contributed by atoms with Gasteiger partial charge in [-0.25, -0.2) is 0 Å². The molecule has 0 amide bonds. The van der Waals surface area contributed by atoms with Crippen molar-refractivity contribution in [2.75, 3.05) is 39.4 Å². The number of hydrogen-bond acceptors (Lipinski definition) is 3. The van der Waals surface area contributed by atoms with E-state index in [-0.39, 0.29) is 0 Å². The van der Waals surface area contributed by atoms with Crippen molar-refractivity contribution < 1.29 is 4.74 Å². The molecule has 2 aliphatic heterocycles. The van der Waals surface area contributed by atoms with Gasteiger partial charge in [0.1, 0.15) is 0 Å². The summed E-state index contributed by atoms with van der Waals surface area (Å²) in [6, 6.07) is 0.735. The van der Waals surface area contributed by atoms with Crippen molar-refractivity contribution in [1.29, 1.82) is 0 Å². The van der Waals surface area contributed by atoms with Crippen LogP contribution in [-0.4, -0.2) is 50.3 Å². The first-order chi connectivity index (χ1) is 8.22. The van der Waals surface area contributed by atoms with Crippen LogP contribution in [0.25, 0.3) is 0 Å². The molecule has 1 unspecified atom stereocenters. The van der Waals surface area contributed by atoms with Gasteiger partial charge in [-0.3, -0.25) is 0 Å². The third-order valence-corrected chi connectivity index (χ3v) is 4.26. The van der Waals surface area contributed by atoms with E-state index in [1.165, 1.54) is 51.9 Å². The van der Waals surface area contributed by atoms with Gasteiger partial charge in [-0.15, -0.1) is 0 Å². The smallest absolute Gasteiger partial charge is 0.0471 e. The Bertz CT molecular complexity index is 226. The van der Waals surface area contributed by atoms with Crippen LogP contribution in [0.2, 0.25) is 0 Å². The highest BCUT2D eigenvalue weighted by Gasteiger charge is 2.32. The first-order valence-electron chi connectivity index (χ1n) is 7.25. The number of rotatable bonds is 5. The summed E-state index contributed by atoms with van der Waals surface area (Å²) in [5.41, 5.74) is 0.498. The number of likely N-dealkylation sites (tertiary alicyclic amines) is 1. The Morgan fingerprint density at radius 1 is 1.35 bits per heavy atom. The zero-order valence-corrected chi connectivity index (χ0v) is 11.5. The summed E-state index contributed by atoms with van der Waals surface area (Å²) in [4.78, 5) is 2.65. The van der Waals surface area contributed by atoms with Gasteiger partial charge in [0, 0.05) is 32.3 Å². The maximum atomic E-state index is 5.47. The third kappa shape index (κ3) is 3.94. The monoisotopic (exact) mass is 240 g/mol. The largest absolute Gasteiger partial charge is 0.381 e. The van der Waals surface area contributed by atoms with Gasteiger partial charge in [0.05, 0.1) is 0 Å². The van der Waals surface area contributed by atoms with Gasteiger partial charge >= 0.3 is 0 Å². The van der Waals surface area contributed by atoms with E-state index in [0.29, 0.717) is 5.41 Å². The highest BCUT2D eigenvalue weighted by Crippen LogP contribution is 2.31. The fourth-order valence-electron chi connectivity index (χ4n) is 3.05. The summed E-state index contributed by atoms with van der Waals surface area (Å²) in [5, 5.41) is 3.64. The van der Waals surface area contributed by atoms with E-state index < -0.39 is 0 Å². The van der Waals surface area contributed by atoms with E-state index >= 15 is 0 Å². The zero-order chi connectivity index (χ0) is 12.1. The van der Waals surface area contributed by atoms with Crippen molar-refractivity contribution in [3.8, 4) is 0 Å². The topological polar surface area (TPSA) is 24.5 Å². The second kappa shape index (κ2) is 6.17. The quantitative estimate of drug-likeness (QED) is 0.794. The summed E-state index contributed by atoms with van der Waals surface area (Å²) in [6.45, 7) is 11.5. The van der Waals surface area contributed by atoms with E-state index in [4.69, 9.17) is 4.74 Å². The molecule has 0 aromatic carbocycles. The number of nitrogens with zero attached hydrogens (tertiary/aromatic N) is 1. The van der Waals surface area contributed by atoms with E-state index in [9.17, 15) is 0 Å². The van der Waals surface area contributed by atoms with Crippen LogP contribution < -0.4 is 5.32 Å². The number of ether oxygens (including phenoxy) is 1. The van der Waals surface area contributed by atoms with Crippen LogP contribution in [0, 0.1) is 5.41 Å². The molecule has 2 rings (SSSR count). The second-order valence-electron chi connectivity index (χ2n) is 6.10. The lowest BCUT2D eigenvalue weighted by Gasteiger charge is -2.37. The molecule has 0 aromatic heterocycles. The minimum absolute atomic E-state index is 0.498. The van der Waals surface area contributed by atoms with Gasteiger partial charge in [0.25, 0.3) is 0 Å². The summed E-state index contributed by atoms with van der Waals surface area (Å²) < 4.78 is 5.47. The predicted octanol–water partition coefficient (Wildman–Crippen LogP) is 1.88. The normalized spacial score (nSPS) is 29.6. The van der Waals surface area contributed by atoms with E-state index in [2.05, 4.69) is 24.1 Å². The van der Waals surface area contributed by atoms with Gasteiger partial charge in [0.15, 0.2) is 0 Å². The molecule has 2 aliphatic rings. The molecule has 2 fully saturated rings.